The second-order valence-electron chi connectivity index (χ2n) is 8.14. The zero-order valence-corrected chi connectivity index (χ0v) is 18.6. The second kappa shape index (κ2) is 8.98. The molecule has 2 aliphatic heterocycles. The number of likely N-dealkylation sites (tertiary alicyclic amines) is 1. The molecule has 32 heavy (non-hydrogen) atoms. The summed E-state index contributed by atoms with van der Waals surface area (Å²) in [6.07, 6.45) is 1.47. The highest BCUT2D eigenvalue weighted by atomic mass is 16.7. The summed E-state index contributed by atoms with van der Waals surface area (Å²) in [6.45, 7) is 2.82. The minimum Gasteiger partial charge on any atom is -0.493 e. The average Bonchev–Trinajstić information content (AvgIpc) is 3.39. The fourth-order valence-corrected chi connectivity index (χ4v) is 4.16. The number of nitrogens with one attached hydrogen (secondary N) is 1. The van der Waals surface area contributed by atoms with Crippen molar-refractivity contribution in [3.63, 3.8) is 0 Å². The molecule has 4 rings (SSSR count). The summed E-state index contributed by atoms with van der Waals surface area (Å²) in [6, 6.07) is 11.3. The van der Waals surface area contributed by atoms with Gasteiger partial charge in [-0.3, -0.25) is 9.59 Å². The fourth-order valence-electron chi connectivity index (χ4n) is 4.16. The molecule has 2 aliphatic rings. The molecule has 8 nitrogen and oxygen atoms in total. The Hall–Kier alpha value is -3.42. The van der Waals surface area contributed by atoms with E-state index in [4.69, 9.17) is 18.9 Å². The van der Waals surface area contributed by atoms with Crippen molar-refractivity contribution in [2.75, 3.05) is 27.6 Å². The molecule has 1 atom stereocenters. The Morgan fingerprint density at radius 3 is 2.59 bits per heavy atom. The van der Waals surface area contributed by atoms with Crippen LogP contribution in [0.1, 0.15) is 30.9 Å². The SMILES string of the molecule is COc1ccc(CCNC(=O)[C@]2(C)CCC(=O)N2Cc2ccc3c(c2)OCO3)cc1OC. The van der Waals surface area contributed by atoms with Crippen molar-refractivity contribution in [2.24, 2.45) is 0 Å². The van der Waals surface area contributed by atoms with Gasteiger partial charge in [-0.1, -0.05) is 12.1 Å². The second-order valence-corrected chi connectivity index (χ2v) is 8.14. The Labute approximate surface area is 187 Å². The van der Waals surface area contributed by atoms with Crippen LogP contribution in [0.4, 0.5) is 0 Å². The van der Waals surface area contributed by atoms with Crippen LogP contribution in [-0.2, 0) is 22.6 Å². The molecule has 2 aromatic rings. The summed E-state index contributed by atoms with van der Waals surface area (Å²) in [4.78, 5) is 27.4. The number of rotatable bonds is 8. The number of hydrogen-bond acceptors (Lipinski definition) is 6. The van der Waals surface area contributed by atoms with Crippen molar-refractivity contribution in [3.8, 4) is 23.0 Å². The molecular weight excluding hydrogens is 412 g/mol. The quantitative estimate of drug-likeness (QED) is 0.679. The van der Waals surface area contributed by atoms with Crippen molar-refractivity contribution in [1.29, 1.82) is 0 Å². The van der Waals surface area contributed by atoms with Crippen LogP contribution >= 0.6 is 0 Å². The van der Waals surface area contributed by atoms with Crippen LogP contribution in [0, 0.1) is 0 Å². The highest BCUT2D eigenvalue weighted by Gasteiger charge is 2.47. The molecule has 0 aromatic heterocycles. The number of fused-ring (bicyclic) bond motifs is 1. The molecule has 8 heteroatoms. The van der Waals surface area contributed by atoms with Crippen molar-refractivity contribution >= 4 is 11.8 Å². The van der Waals surface area contributed by atoms with Gasteiger partial charge in [-0.15, -0.1) is 0 Å². The van der Waals surface area contributed by atoms with Crippen LogP contribution in [0.5, 0.6) is 23.0 Å². The van der Waals surface area contributed by atoms with E-state index in [1.807, 2.05) is 43.3 Å². The third-order valence-corrected chi connectivity index (χ3v) is 6.14. The van der Waals surface area contributed by atoms with E-state index < -0.39 is 5.54 Å². The van der Waals surface area contributed by atoms with Crippen LogP contribution in [0.25, 0.3) is 0 Å². The van der Waals surface area contributed by atoms with Gasteiger partial charge in [-0.05, 0) is 55.2 Å². The number of ether oxygens (including phenoxy) is 4. The zero-order valence-electron chi connectivity index (χ0n) is 18.6. The maximum atomic E-state index is 13.1. The normalized spacial score (nSPS) is 19.2. The van der Waals surface area contributed by atoms with Crippen molar-refractivity contribution in [1.82, 2.24) is 10.2 Å². The lowest BCUT2D eigenvalue weighted by Gasteiger charge is -2.34. The molecule has 0 radical (unpaired) electrons. The van der Waals surface area contributed by atoms with E-state index in [0.717, 1.165) is 11.1 Å². The van der Waals surface area contributed by atoms with Crippen LogP contribution in [0.3, 0.4) is 0 Å². The molecule has 1 saturated heterocycles. The van der Waals surface area contributed by atoms with Gasteiger partial charge in [-0.25, -0.2) is 0 Å². The Bertz CT molecular complexity index is 1020. The highest BCUT2D eigenvalue weighted by molar-refractivity contribution is 5.94. The third kappa shape index (κ3) is 4.17. The smallest absolute Gasteiger partial charge is 0.245 e. The van der Waals surface area contributed by atoms with Crippen LogP contribution in [0.2, 0.25) is 0 Å². The molecule has 1 N–H and O–H groups in total. The molecule has 2 amide bonds. The summed E-state index contributed by atoms with van der Waals surface area (Å²) in [5.74, 6) is 2.49. The number of amides is 2. The number of carbonyl (C=O) groups excluding carboxylic acids is 2. The Morgan fingerprint density at radius 2 is 1.81 bits per heavy atom. The molecule has 2 aromatic carbocycles. The predicted molar refractivity (Wildman–Crippen MR) is 117 cm³/mol. The fraction of sp³-hybridized carbons (Fsp3) is 0.417. The molecule has 2 heterocycles. The predicted octanol–water partition coefficient (Wildman–Crippen LogP) is 2.67. The van der Waals surface area contributed by atoms with Gasteiger partial charge in [0.05, 0.1) is 14.2 Å². The summed E-state index contributed by atoms with van der Waals surface area (Å²) in [5, 5.41) is 3.01. The molecular formula is C24H28N2O6. The van der Waals surface area contributed by atoms with Gasteiger partial charge in [0.2, 0.25) is 18.6 Å². The maximum Gasteiger partial charge on any atom is 0.245 e. The number of carbonyl (C=O) groups is 2. The Balaban J connectivity index is 1.40. The number of nitrogens with zero attached hydrogens (tertiary/aromatic N) is 1. The first-order chi connectivity index (χ1) is 15.4. The summed E-state index contributed by atoms with van der Waals surface area (Å²) < 4.78 is 21.4. The number of hydrogen-bond donors (Lipinski definition) is 1. The molecule has 0 aliphatic carbocycles. The molecule has 0 unspecified atom stereocenters. The minimum absolute atomic E-state index is 0.0276. The van der Waals surface area contributed by atoms with Crippen molar-refractivity contribution in [3.05, 3.63) is 47.5 Å². The topological polar surface area (TPSA) is 86.3 Å². The van der Waals surface area contributed by atoms with Gasteiger partial charge in [0.1, 0.15) is 5.54 Å². The van der Waals surface area contributed by atoms with Gasteiger partial charge < -0.3 is 29.2 Å². The first-order valence-corrected chi connectivity index (χ1v) is 10.6. The van der Waals surface area contributed by atoms with E-state index in [1.54, 1.807) is 19.1 Å². The van der Waals surface area contributed by atoms with Gasteiger partial charge in [0.15, 0.2) is 23.0 Å². The van der Waals surface area contributed by atoms with Gasteiger partial charge >= 0.3 is 0 Å². The standard InChI is InChI=1S/C24H28N2O6/c1-24(23(28)25-11-9-16-4-6-18(29-2)20(12-16)30-3)10-8-22(27)26(24)14-17-5-7-19-21(13-17)32-15-31-19/h4-7,12-13H,8-11,14-15H2,1-3H3,(H,25,28)/t24-/m0/s1. The Morgan fingerprint density at radius 1 is 1.06 bits per heavy atom. The van der Waals surface area contributed by atoms with Crippen LogP contribution in [0.15, 0.2) is 36.4 Å². The molecule has 170 valence electrons. The lowest BCUT2D eigenvalue weighted by Crippen LogP contribution is -2.54. The van der Waals surface area contributed by atoms with E-state index in [-0.39, 0.29) is 18.6 Å². The summed E-state index contributed by atoms with van der Waals surface area (Å²) in [7, 11) is 3.19. The Kier molecular flexibility index (Phi) is 6.12. The van der Waals surface area contributed by atoms with E-state index in [1.165, 1.54) is 0 Å². The number of benzene rings is 2. The monoisotopic (exact) mass is 440 g/mol. The van der Waals surface area contributed by atoms with E-state index in [2.05, 4.69) is 5.32 Å². The zero-order chi connectivity index (χ0) is 22.7. The van der Waals surface area contributed by atoms with E-state index in [9.17, 15) is 9.59 Å². The lowest BCUT2D eigenvalue weighted by molar-refractivity contribution is -0.141. The third-order valence-electron chi connectivity index (χ3n) is 6.14. The molecule has 0 saturated carbocycles. The van der Waals surface area contributed by atoms with Gasteiger partial charge in [0, 0.05) is 19.5 Å². The molecule has 0 spiro atoms. The average molecular weight is 440 g/mol. The first-order valence-electron chi connectivity index (χ1n) is 10.6. The number of methoxy groups -OCH3 is 2. The van der Waals surface area contributed by atoms with E-state index >= 15 is 0 Å². The van der Waals surface area contributed by atoms with Crippen molar-refractivity contribution in [2.45, 2.75) is 38.3 Å². The molecule has 1 fully saturated rings. The highest BCUT2D eigenvalue weighted by Crippen LogP contribution is 2.36. The summed E-state index contributed by atoms with van der Waals surface area (Å²) in [5.41, 5.74) is 1.02. The van der Waals surface area contributed by atoms with Crippen molar-refractivity contribution < 1.29 is 28.5 Å². The summed E-state index contributed by atoms with van der Waals surface area (Å²) >= 11 is 0. The first kappa shape index (κ1) is 21.8. The van der Waals surface area contributed by atoms with Gasteiger partial charge in [0.25, 0.3) is 0 Å². The largest absolute Gasteiger partial charge is 0.493 e. The van der Waals surface area contributed by atoms with Crippen LogP contribution < -0.4 is 24.3 Å². The van der Waals surface area contributed by atoms with Gasteiger partial charge in [-0.2, -0.15) is 0 Å². The molecule has 0 bridgehead atoms. The minimum atomic E-state index is -0.898. The maximum absolute atomic E-state index is 13.1. The lowest BCUT2D eigenvalue weighted by atomic mass is 9.97. The van der Waals surface area contributed by atoms with Crippen LogP contribution in [-0.4, -0.2) is 49.8 Å². The van der Waals surface area contributed by atoms with E-state index in [0.29, 0.717) is 55.4 Å².